The second-order valence-corrected chi connectivity index (χ2v) is 4.73. The molecule has 0 aliphatic rings. The Morgan fingerprint density at radius 3 is 2.80 bits per heavy atom. The Labute approximate surface area is 120 Å². The Balaban J connectivity index is 1.90. The third kappa shape index (κ3) is 4.33. The van der Waals surface area contributed by atoms with Crippen molar-refractivity contribution in [2.75, 3.05) is 13.7 Å². The molecule has 0 aliphatic carbocycles. The minimum absolute atomic E-state index is 0.241. The van der Waals surface area contributed by atoms with Crippen LogP contribution in [0.4, 0.5) is 0 Å². The van der Waals surface area contributed by atoms with Crippen LogP contribution in [-0.2, 0) is 13.0 Å². The van der Waals surface area contributed by atoms with Crippen molar-refractivity contribution < 1.29 is 4.74 Å². The third-order valence-electron chi connectivity index (χ3n) is 3.22. The molecule has 2 rings (SSSR count). The number of aromatic nitrogens is 1. The van der Waals surface area contributed by atoms with Gasteiger partial charge in [0.15, 0.2) is 0 Å². The predicted molar refractivity (Wildman–Crippen MR) is 80.6 cm³/mol. The van der Waals surface area contributed by atoms with Gasteiger partial charge in [-0.15, -0.1) is 0 Å². The minimum Gasteiger partial charge on any atom is -0.497 e. The van der Waals surface area contributed by atoms with Gasteiger partial charge in [0, 0.05) is 31.5 Å². The summed E-state index contributed by atoms with van der Waals surface area (Å²) in [6, 6.07) is 12.3. The summed E-state index contributed by atoms with van der Waals surface area (Å²) < 4.78 is 5.22. The number of benzene rings is 1. The fourth-order valence-electron chi connectivity index (χ4n) is 2.09. The van der Waals surface area contributed by atoms with Crippen LogP contribution in [0.15, 0.2) is 48.8 Å². The zero-order valence-corrected chi connectivity index (χ0v) is 11.8. The highest BCUT2D eigenvalue weighted by atomic mass is 16.5. The van der Waals surface area contributed by atoms with E-state index < -0.39 is 0 Å². The number of hydrogen-bond donors (Lipinski definition) is 2. The van der Waals surface area contributed by atoms with Crippen LogP contribution < -0.4 is 15.8 Å². The van der Waals surface area contributed by atoms with Gasteiger partial charge in [-0.05, 0) is 35.7 Å². The molecule has 0 amide bonds. The number of pyridine rings is 1. The van der Waals surface area contributed by atoms with Crippen LogP contribution in [0.5, 0.6) is 5.75 Å². The molecule has 4 nitrogen and oxygen atoms in total. The summed E-state index contributed by atoms with van der Waals surface area (Å²) in [6.07, 6.45) is 4.55. The molecular weight excluding hydrogens is 250 g/mol. The molecule has 0 bridgehead atoms. The summed E-state index contributed by atoms with van der Waals surface area (Å²) in [6.45, 7) is 1.37. The van der Waals surface area contributed by atoms with Gasteiger partial charge in [0.1, 0.15) is 5.75 Å². The molecule has 0 saturated heterocycles. The van der Waals surface area contributed by atoms with E-state index in [1.165, 1.54) is 11.1 Å². The molecule has 0 saturated carbocycles. The lowest BCUT2D eigenvalue weighted by Crippen LogP contribution is -2.37. The Morgan fingerprint density at radius 1 is 1.25 bits per heavy atom. The van der Waals surface area contributed by atoms with Crippen molar-refractivity contribution in [3.8, 4) is 5.75 Å². The van der Waals surface area contributed by atoms with Crippen molar-refractivity contribution in [2.45, 2.75) is 19.0 Å². The molecule has 20 heavy (non-hydrogen) atoms. The third-order valence-corrected chi connectivity index (χ3v) is 3.22. The van der Waals surface area contributed by atoms with E-state index in [4.69, 9.17) is 10.5 Å². The van der Waals surface area contributed by atoms with E-state index in [1.54, 1.807) is 13.3 Å². The van der Waals surface area contributed by atoms with Crippen LogP contribution in [0, 0.1) is 0 Å². The molecule has 2 aromatic rings. The van der Waals surface area contributed by atoms with Crippen molar-refractivity contribution >= 4 is 0 Å². The van der Waals surface area contributed by atoms with E-state index >= 15 is 0 Å². The van der Waals surface area contributed by atoms with Gasteiger partial charge in [-0.25, -0.2) is 0 Å². The van der Waals surface area contributed by atoms with Gasteiger partial charge >= 0.3 is 0 Å². The standard InChI is InChI=1S/C16H21N3O/c1-20-16-6-2-4-14(9-16)12-19-15(10-17)8-13-5-3-7-18-11-13/h2-7,9,11,15,19H,8,10,12,17H2,1H3. The van der Waals surface area contributed by atoms with E-state index in [9.17, 15) is 0 Å². The molecular formula is C16H21N3O. The second-order valence-electron chi connectivity index (χ2n) is 4.73. The summed E-state index contributed by atoms with van der Waals surface area (Å²) in [5.74, 6) is 0.876. The monoisotopic (exact) mass is 271 g/mol. The van der Waals surface area contributed by atoms with E-state index in [2.05, 4.69) is 22.4 Å². The van der Waals surface area contributed by atoms with Crippen LogP contribution in [0.1, 0.15) is 11.1 Å². The van der Waals surface area contributed by atoms with Gasteiger partial charge in [0.05, 0.1) is 7.11 Å². The largest absolute Gasteiger partial charge is 0.497 e. The molecule has 1 heterocycles. The van der Waals surface area contributed by atoms with Crippen molar-refractivity contribution in [3.63, 3.8) is 0 Å². The van der Waals surface area contributed by atoms with Crippen LogP contribution >= 0.6 is 0 Å². The van der Waals surface area contributed by atoms with Crippen molar-refractivity contribution in [1.29, 1.82) is 0 Å². The van der Waals surface area contributed by atoms with Gasteiger partial charge in [0.2, 0.25) is 0 Å². The van der Waals surface area contributed by atoms with Gasteiger partial charge in [-0.1, -0.05) is 18.2 Å². The van der Waals surface area contributed by atoms with Gasteiger partial charge < -0.3 is 15.8 Å². The van der Waals surface area contributed by atoms with E-state index in [0.29, 0.717) is 6.54 Å². The highest BCUT2D eigenvalue weighted by molar-refractivity contribution is 5.28. The first-order chi connectivity index (χ1) is 9.81. The Kier molecular flexibility index (Phi) is 5.53. The molecule has 1 unspecified atom stereocenters. The first-order valence-electron chi connectivity index (χ1n) is 6.77. The van der Waals surface area contributed by atoms with Gasteiger partial charge in [-0.3, -0.25) is 4.98 Å². The molecule has 1 aromatic heterocycles. The number of nitrogens with two attached hydrogens (primary N) is 1. The van der Waals surface area contributed by atoms with E-state index in [0.717, 1.165) is 18.7 Å². The van der Waals surface area contributed by atoms with Gasteiger partial charge in [0.25, 0.3) is 0 Å². The van der Waals surface area contributed by atoms with Crippen molar-refractivity contribution in [2.24, 2.45) is 5.73 Å². The number of methoxy groups -OCH3 is 1. The predicted octanol–water partition coefficient (Wildman–Crippen LogP) is 1.75. The van der Waals surface area contributed by atoms with Crippen molar-refractivity contribution in [1.82, 2.24) is 10.3 Å². The molecule has 3 N–H and O–H groups in total. The quantitative estimate of drug-likeness (QED) is 0.805. The van der Waals surface area contributed by atoms with E-state index in [-0.39, 0.29) is 6.04 Å². The molecule has 1 atom stereocenters. The number of nitrogens with one attached hydrogen (secondary N) is 1. The maximum Gasteiger partial charge on any atom is 0.119 e. The maximum atomic E-state index is 5.83. The fraction of sp³-hybridized carbons (Fsp3) is 0.312. The number of hydrogen-bond acceptors (Lipinski definition) is 4. The Morgan fingerprint density at radius 2 is 2.10 bits per heavy atom. The highest BCUT2D eigenvalue weighted by Crippen LogP contribution is 2.12. The van der Waals surface area contributed by atoms with Crippen LogP contribution in [0.25, 0.3) is 0 Å². The summed E-state index contributed by atoms with van der Waals surface area (Å²) in [4.78, 5) is 4.13. The molecule has 4 heteroatoms. The van der Waals surface area contributed by atoms with Crippen LogP contribution in [0.2, 0.25) is 0 Å². The lowest BCUT2D eigenvalue weighted by atomic mass is 10.1. The average Bonchev–Trinajstić information content (AvgIpc) is 2.52. The number of ether oxygens (including phenoxy) is 1. The molecule has 0 aliphatic heterocycles. The van der Waals surface area contributed by atoms with Crippen LogP contribution in [0.3, 0.4) is 0 Å². The zero-order valence-electron chi connectivity index (χ0n) is 11.8. The molecule has 106 valence electrons. The fourth-order valence-corrected chi connectivity index (χ4v) is 2.09. The van der Waals surface area contributed by atoms with Crippen LogP contribution in [-0.4, -0.2) is 24.7 Å². The SMILES string of the molecule is COc1cccc(CNC(CN)Cc2cccnc2)c1. The summed E-state index contributed by atoms with van der Waals surface area (Å²) in [5, 5.41) is 3.48. The lowest BCUT2D eigenvalue weighted by Gasteiger charge is -2.17. The zero-order chi connectivity index (χ0) is 14.2. The number of nitrogens with zero attached hydrogens (tertiary/aromatic N) is 1. The second kappa shape index (κ2) is 7.62. The lowest BCUT2D eigenvalue weighted by molar-refractivity contribution is 0.413. The maximum absolute atomic E-state index is 5.83. The normalized spacial score (nSPS) is 12.1. The number of rotatable bonds is 7. The summed E-state index contributed by atoms with van der Waals surface area (Å²) in [7, 11) is 1.68. The van der Waals surface area contributed by atoms with E-state index in [1.807, 2.05) is 30.5 Å². The average molecular weight is 271 g/mol. The molecule has 0 fully saturated rings. The first-order valence-corrected chi connectivity index (χ1v) is 6.77. The first kappa shape index (κ1) is 14.5. The molecule has 0 spiro atoms. The topological polar surface area (TPSA) is 60.2 Å². The summed E-state index contributed by atoms with van der Waals surface area (Å²) in [5.41, 5.74) is 8.22. The molecule has 0 radical (unpaired) electrons. The van der Waals surface area contributed by atoms with Crippen molar-refractivity contribution in [3.05, 3.63) is 59.9 Å². The smallest absolute Gasteiger partial charge is 0.119 e. The molecule has 1 aromatic carbocycles. The van der Waals surface area contributed by atoms with Gasteiger partial charge in [-0.2, -0.15) is 0 Å². The Hall–Kier alpha value is -1.91. The minimum atomic E-state index is 0.241. The Bertz CT molecular complexity index is 516. The highest BCUT2D eigenvalue weighted by Gasteiger charge is 2.07. The summed E-state index contributed by atoms with van der Waals surface area (Å²) >= 11 is 0.